The number of carbonyl (C=O) groups is 1. The fourth-order valence-electron chi connectivity index (χ4n) is 3.67. The number of para-hydroxylation sites is 1. The van der Waals surface area contributed by atoms with E-state index in [9.17, 15) is 4.79 Å². The molecule has 5 rings (SSSR count). The lowest BCUT2D eigenvalue weighted by atomic mass is 10.1. The van der Waals surface area contributed by atoms with Crippen LogP contribution in [-0.4, -0.2) is 15.5 Å². The Morgan fingerprint density at radius 3 is 2.38 bits per heavy atom. The number of aromatic nitrogens is 2. The Balaban J connectivity index is 1.38. The van der Waals surface area contributed by atoms with E-state index in [4.69, 9.17) is 9.47 Å². The monoisotopic (exact) mass is 449 g/mol. The van der Waals surface area contributed by atoms with Gasteiger partial charge in [-0.15, -0.1) is 5.10 Å². The van der Waals surface area contributed by atoms with Crippen LogP contribution in [0, 0.1) is 6.92 Å². The van der Waals surface area contributed by atoms with Gasteiger partial charge in [-0.2, -0.15) is 0 Å². The van der Waals surface area contributed by atoms with Gasteiger partial charge in [-0.3, -0.25) is 4.79 Å². The molecule has 3 aromatic carbocycles. The number of nitrogens with zero attached hydrogens (tertiary/aromatic N) is 2. The Kier molecular flexibility index (Phi) is 5.95. The molecule has 34 heavy (non-hydrogen) atoms. The highest BCUT2D eigenvalue weighted by Gasteiger charge is 2.22. The standard InChI is InChI=1S/C28H23N3O3/c1-20-18-23(34-22-12-6-3-7-13-22)15-16-24(20)29-27(32)26-25-14-8-9-17-31(25)30-28(26)33-19-21-10-4-2-5-11-21/h2-18H,19H2,1H3,(H,29,32). The summed E-state index contributed by atoms with van der Waals surface area (Å²) < 4.78 is 13.5. The van der Waals surface area contributed by atoms with Crippen LogP contribution in [0.4, 0.5) is 5.69 Å². The van der Waals surface area contributed by atoms with Crippen LogP contribution in [0.15, 0.2) is 103 Å². The number of hydrogen-bond donors (Lipinski definition) is 1. The first-order valence-electron chi connectivity index (χ1n) is 11.0. The van der Waals surface area contributed by atoms with Crippen LogP contribution in [-0.2, 0) is 6.61 Å². The summed E-state index contributed by atoms with van der Waals surface area (Å²) in [5.41, 5.74) is 3.63. The number of benzene rings is 3. The number of pyridine rings is 1. The summed E-state index contributed by atoms with van der Waals surface area (Å²) in [6.07, 6.45) is 1.79. The molecule has 5 aromatic rings. The molecule has 2 aromatic heterocycles. The number of aryl methyl sites for hydroxylation is 1. The average molecular weight is 450 g/mol. The fourth-order valence-corrected chi connectivity index (χ4v) is 3.67. The van der Waals surface area contributed by atoms with Crippen LogP contribution in [0.5, 0.6) is 17.4 Å². The van der Waals surface area contributed by atoms with Gasteiger partial charge in [-0.05, 0) is 60.5 Å². The Morgan fingerprint density at radius 1 is 0.882 bits per heavy atom. The zero-order chi connectivity index (χ0) is 23.3. The number of ether oxygens (including phenoxy) is 2. The first-order valence-corrected chi connectivity index (χ1v) is 11.0. The quantitative estimate of drug-likeness (QED) is 0.318. The Labute approximate surface area is 197 Å². The third-order valence-corrected chi connectivity index (χ3v) is 5.38. The number of anilines is 1. The van der Waals surface area contributed by atoms with E-state index >= 15 is 0 Å². The summed E-state index contributed by atoms with van der Waals surface area (Å²) in [4.78, 5) is 13.4. The molecule has 1 amide bonds. The maximum atomic E-state index is 13.4. The maximum Gasteiger partial charge on any atom is 0.263 e. The molecule has 1 N–H and O–H groups in total. The van der Waals surface area contributed by atoms with Crippen molar-refractivity contribution in [3.63, 3.8) is 0 Å². The van der Waals surface area contributed by atoms with E-state index in [1.807, 2.05) is 104 Å². The van der Waals surface area contributed by atoms with Crippen LogP contribution < -0.4 is 14.8 Å². The maximum absolute atomic E-state index is 13.4. The van der Waals surface area contributed by atoms with Crippen molar-refractivity contribution in [3.05, 3.63) is 120 Å². The highest BCUT2D eigenvalue weighted by molar-refractivity contribution is 6.11. The largest absolute Gasteiger partial charge is 0.471 e. The van der Waals surface area contributed by atoms with Crippen LogP contribution in [0.3, 0.4) is 0 Å². The molecule has 0 saturated carbocycles. The van der Waals surface area contributed by atoms with Crippen LogP contribution in [0.1, 0.15) is 21.5 Å². The van der Waals surface area contributed by atoms with Gasteiger partial charge in [0.05, 0.1) is 5.52 Å². The van der Waals surface area contributed by atoms with Gasteiger partial charge in [0.2, 0.25) is 5.88 Å². The predicted octanol–water partition coefficient (Wildman–Crippen LogP) is 6.27. The lowest BCUT2D eigenvalue weighted by Gasteiger charge is -2.12. The molecule has 0 aliphatic rings. The highest BCUT2D eigenvalue weighted by atomic mass is 16.5. The normalized spacial score (nSPS) is 10.7. The molecule has 0 fully saturated rings. The van der Waals surface area contributed by atoms with Crippen molar-refractivity contribution < 1.29 is 14.3 Å². The predicted molar refractivity (Wildman–Crippen MR) is 132 cm³/mol. The lowest BCUT2D eigenvalue weighted by Crippen LogP contribution is -2.14. The van der Waals surface area contributed by atoms with Crippen LogP contribution in [0.25, 0.3) is 5.52 Å². The second kappa shape index (κ2) is 9.50. The molecule has 6 nitrogen and oxygen atoms in total. The molecule has 0 aliphatic carbocycles. The molecule has 0 bridgehead atoms. The number of amides is 1. The number of fused-ring (bicyclic) bond motifs is 1. The minimum atomic E-state index is -0.288. The minimum Gasteiger partial charge on any atom is -0.471 e. The fraction of sp³-hybridized carbons (Fsp3) is 0.0714. The van der Waals surface area contributed by atoms with Gasteiger partial charge < -0.3 is 14.8 Å². The highest BCUT2D eigenvalue weighted by Crippen LogP contribution is 2.28. The molecule has 2 heterocycles. The molecule has 0 spiro atoms. The zero-order valence-corrected chi connectivity index (χ0v) is 18.6. The number of nitrogens with one attached hydrogen (secondary N) is 1. The van der Waals surface area contributed by atoms with Crippen LogP contribution >= 0.6 is 0 Å². The van der Waals surface area contributed by atoms with Crippen molar-refractivity contribution in [1.82, 2.24) is 9.61 Å². The van der Waals surface area contributed by atoms with Crippen molar-refractivity contribution in [3.8, 4) is 17.4 Å². The average Bonchev–Trinajstić information content (AvgIpc) is 3.24. The topological polar surface area (TPSA) is 64.9 Å². The molecule has 0 radical (unpaired) electrons. The molecule has 0 aliphatic heterocycles. The first-order chi connectivity index (χ1) is 16.7. The van der Waals surface area contributed by atoms with Crippen LogP contribution in [0.2, 0.25) is 0 Å². The van der Waals surface area contributed by atoms with E-state index in [1.54, 1.807) is 10.7 Å². The second-order valence-electron chi connectivity index (χ2n) is 7.83. The van der Waals surface area contributed by atoms with Crippen molar-refractivity contribution in [2.24, 2.45) is 0 Å². The Bertz CT molecular complexity index is 1430. The molecular weight excluding hydrogens is 426 g/mol. The van der Waals surface area contributed by atoms with Gasteiger partial charge in [0.25, 0.3) is 5.91 Å². The molecular formula is C28H23N3O3. The molecule has 6 heteroatoms. The summed E-state index contributed by atoms with van der Waals surface area (Å²) in [6, 6.07) is 30.5. The van der Waals surface area contributed by atoms with Crippen molar-refractivity contribution in [2.75, 3.05) is 5.32 Å². The van der Waals surface area contributed by atoms with Gasteiger partial charge >= 0.3 is 0 Å². The third-order valence-electron chi connectivity index (χ3n) is 5.38. The number of carbonyl (C=O) groups excluding carboxylic acids is 1. The molecule has 0 saturated heterocycles. The minimum absolute atomic E-state index is 0.286. The van der Waals surface area contributed by atoms with Crippen molar-refractivity contribution in [2.45, 2.75) is 13.5 Å². The zero-order valence-electron chi connectivity index (χ0n) is 18.6. The van der Waals surface area contributed by atoms with Gasteiger partial charge in [-0.25, -0.2) is 4.52 Å². The molecule has 0 unspecified atom stereocenters. The summed E-state index contributed by atoms with van der Waals surface area (Å²) in [5.74, 6) is 1.45. The molecule has 168 valence electrons. The lowest BCUT2D eigenvalue weighted by molar-refractivity contribution is 0.102. The Hall–Kier alpha value is -4.58. The van der Waals surface area contributed by atoms with E-state index in [1.165, 1.54) is 0 Å². The number of hydrogen-bond acceptors (Lipinski definition) is 4. The van der Waals surface area contributed by atoms with E-state index in [-0.39, 0.29) is 11.8 Å². The van der Waals surface area contributed by atoms with E-state index in [0.29, 0.717) is 29.1 Å². The van der Waals surface area contributed by atoms with E-state index in [0.717, 1.165) is 16.9 Å². The summed E-state index contributed by atoms with van der Waals surface area (Å²) >= 11 is 0. The Morgan fingerprint density at radius 2 is 1.62 bits per heavy atom. The van der Waals surface area contributed by atoms with E-state index < -0.39 is 0 Å². The van der Waals surface area contributed by atoms with E-state index in [2.05, 4.69) is 10.4 Å². The van der Waals surface area contributed by atoms with Gasteiger partial charge in [-0.1, -0.05) is 54.6 Å². The smallest absolute Gasteiger partial charge is 0.263 e. The van der Waals surface area contributed by atoms with Gasteiger partial charge in [0, 0.05) is 11.9 Å². The van der Waals surface area contributed by atoms with Crippen molar-refractivity contribution >= 4 is 17.1 Å². The second-order valence-corrected chi connectivity index (χ2v) is 7.83. The third kappa shape index (κ3) is 4.61. The van der Waals surface area contributed by atoms with Gasteiger partial charge in [0.1, 0.15) is 23.7 Å². The summed E-state index contributed by atoms with van der Waals surface area (Å²) in [7, 11) is 0. The summed E-state index contributed by atoms with van der Waals surface area (Å²) in [6.45, 7) is 2.24. The van der Waals surface area contributed by atoms with Gasteiger partial charge in [0.15, 0.2) is 0 Å². The first kappa shape index (κ1) is 21.3. The van der Waals surface area contributed by atoms with Crippen molar-refractivity contribution in [1.29, 1.82) is 0 Å². The SMILES string of the molecule is Cc1cc(Oc2ccccc2)ccc1NC(=O)c1c(OCc2ccccc2)nn2ccccc12. The number of rotatable bonds is 7. The summed E-state index contributed by atoms with van der Waals surface area (Å²) in [5, 5.41) is 7.49. The molecule has 0 atom stereocenters.